The average molecular weight is 310 g/mol. The van der Waals surface area contributed by atoms with Crippen LogP contribution in [0, 0.1) is 6.92 Å². The number of aryl methyl sites for hydroxylation is 1. The molecule has 0 aromatic heterocycles. The van der Waals surface area contributed by atoms with Gasteiger partial charge in [0.15, 0.2) is 0 Å². The summed E-state index contributed by atoms with van der Waals surface area (Å²) in [7, 11) is -3.06. The summed E-state index contributed by atoms with van der Waals surface area (Å²) < 4.78 is 25.5. The summed E-state index contributed by atoms with van der Waals surface area (Å²) in [6.45, 7) is 11.0. The molecule has 1 saturated heterocycles. The molecule has 118 valence electrons. The van der Waals surface area contributed by atoms with E-state index in [1.54, 1.807) is 11.2 Å². The zero-order valence-corrected chi connectivity index (χ0v) is 14.3. The number of benzene rings is 1. The molecule has 21 heavy (non-hydrogen) atoms. The molecular weight excluding hydrogens is 284 g/mol. The van der Waals surface area contributed by atoms with Gasteiger partial charge in [-0.05, 0) is 30.9 Å². The highest BCUT2D eigenvalue weighted by Gasteiger charge is 2.27. The Morgan fingerprint density at radius 1 is 1.14 bits per heavy atom. The Labute approximate surface area is 128 Å². The Balaban J connectivity index is 2.20. The third kappa shape index (κ3) is 3.40. The summed E-state index contributed by atoms with van der Waals surface area (Å²) in [5, 5.41) is 0. The van der Waals surface area contributed by atoms with Crippen molar-refractivity contribution in [2.45, 2.75) is 33.6 Å². The zero-order chi connectivity index (χ0) is 15.6. The number of para-hydroxylation sites is 1. The van der Waals surface area contributed by atoms with Crippen molar-refractivity contribution < 1.29 is 8.42 Å². The standard InChI is InChI=1S/C16H26N2O2S/c1-5-21(19,20)18-11-9-17(10-12-18)16-14(4)7-6-8-15(16)13(2)3/h6-8,13H,5,9-12H2,1-4H3. The van der Waals surface area contributed by atoms with Crippen LogP contribution in [0.15, 0.2) is 18.2 Å². The Kier molecular flexibility index (Phi) is 4.94. The molecule has 1 aliphatic heterocycles. The highest BCUT2D eigenvalue weighted by molar-refractivity contribution is 7.89. The second kappa shape index (κ2) is 6.36. The number of sulfonamides is 1. The van der Waals surface area contributed by atoms with E-state index in [0.29, 0.717) is 19.0 Å². The van der Waals surface area contributed by atoms with Gasteiger partial charge in [-0.3, -0.25) is 0 Å². The smallest absolute Gasteiger partial charge is 0.213 e. The lowest BCUT2D eigenvalue weighted by Crippen LogP contribution is -2.49. The van der Waals surface area contributed by atoms with Crippen molar-refractivity contribution in [2.75, 3.05) is 36.8 Å². The molecule has 1 aromatic rings. The maximum atomic E-state index is 11.9. The molecule has 4 nitrogen and oxygen atoms in total. The highest BCUT2D eigenvalue weighted by atomic mass is 32.2. The van der Waals surface area contributed by atoms with Crippen molar-refractivity contribution >= 4 is 15.7 Å². The van der Waals surface area contributed by atoms with Gasteiger partial charge in [0, 0.05) is 31.9 Å². The van der Waals surface area contributed by atoms with E-state index in [1.807, 2.05) is 0 Å². The first-order valence-corrected chi connectivity index (χ1v) is 9.30. The number of hydrogen-bond donors (Lipinski definition) is 0. The van der Waals surface area contributed by atoms with Gasteiger partial charge in [0.1, 0.15) is 0 Å². The van der Waals surface area contributed by atoms with E-state index < -0.39 is 10.0 Å². The number of nitrogens with zero attached hydrogens (tertiary/aromatic N) is 2. The van der Waals surface area contributed by atoms with Gasteiger partial charge >= 0.3 is 0 Å². The van der Waals surface area contributed by atoms with Gasteiger partial charge in [-0.25, -0.2) is 8.42 Å². The fourth-order valence-corrected chi connectivity index (χ4v) is 4.04. The minimum absolute atomic E-state index is 0.189. The number of piperazine rings is 1. The third-order valence-electron chi connectivity index (χ3n) is 4.20. The van der Waals surface area contributed by atoms with E-state index in [0.717, 1.165) is 13.1 Å². The molecule has 0 N–H and O–H groups in total. The first-order chi connectivity index (χ1) is 9.86. The van der Waals surface area contributed by atoms with Crippen LogP contribution in [0.5, 0.6) is 0 Å². The van der Waals surface area contributed by atoms with E-state index in [9.17, 15) is 8.42 Å². The van der Waals surface area contributed by atoms with Crippen LogP contribution in [0.25, 0.3) is 0 Å². The molecule has 0 amide bonds. The highest BCUT2D eigenvalue weighted by Crippen LogP contribution is 2.31. The van der Waals surface area contributed by atoms with Crippen LogP contribution in [0.2, 0.25) is 0 Å². The zero-order valence-electron chi connectivity index (χ0n) is 13.5. The number of anilines is 1. The predicted octanol–water partition coefficient (Wildman–Crippen LogP) is 2.59. The van der Waals surface area contributed by atoms with Crippen molar-refractivity contribution in [3.05, 3.63) is 29.3 Å². The Bertz CT molecular complexity index is 588. The van der Waals surface area contributed by atoms with Crippen LogP contribution < -0.4 is 4.90 Å². The summed E-state index contributed by atoms with van der Waals surface area (Å²) in [4.78, 5) is 2.34. The van der Waals surface area contributed by atoms with Gasteiger partial charge in [0.05, 0.1) is 5.75 Å². The van der Waals surface area contributed by atoms with Gasteiger partial charge in [0.25, 0.3) is 0 Å². The second-order valence-electron chi connectivity index (χ2n) is 5.95. The quantitative estimate of drug-likeness (QED) is 0.858. The summed E-state index contributed by atoms with van der Waals surface area (Å²) in [5.41, 5.74) is 3.91. The molecule has 1 aromatic carbocycles. The summed E-state index contributed by atoms with van der Waals surface area (Å²) in [6.07, 6.45) is 0. The van der Waals surface area contributed by atoms with Crippen LogP contribution in [-0.2, 0) is 10.0 Å². The van der Waals surface area contributed by atoms with E-state index in [4.69, 9.17) is 0 Å². The molecule has 0 saturated carbocycles. The molecule has 0 spiro atoms. The van der Waals surface area contributed by atoms with E-state index >= 15 is 0 Å². The second-order valence-corrected chi connectivity index (χ2v) is 8.21. The SMILES string of the molecule is CCS(=O)(=O)N1CCN(c2c(C)cccc2C(C)C)CC1. The maximum Gasteiger partial charge on any atom is 0.213 e. The Morgan fingerprint density at radius 2 is 1.76 bits per heavy atom. The lowest BCUT2D eigenvalue weighted by Gasteiger charge is -2.37. The van der Waals surface area contributed by atoms with Crippen molar-refractivity contribution in [1.29, 1.82) is 0 Å². The first kappa shape index (κ1) is 16.3. The molecule has 0 radical (unpaired) electrons. The van der Waals surface area contributed by atoms with Gasteiger partial charge in [-0.1, -0.05) is 32.0 Å². The molecule has 0 unspecified atom stereocenters. The van der Waals surface area contributed by atoms with Crippen molar-refractivity contribution in [2.24, 2.45) is 0 Å². The normalized spacial score (nSPS) is 17.5. The maximum absolute atomic E-state index is 11.9. The monoisotopic (exact) mass is 310 g/mol. The topological polar surface area (TPSA) is 40.6 Å². The van der Waals surface area contributed by atoms with Crippen LogP contribution in [0.3, 0.4) is 0 Å². The predicted molar refractivity (Wildman–Crippen MR) is 88.5 cm³/mol. The van der Waals surface area contributed by atoms with E-state index in [2.05, 4.69) is 43.9 Å². The molecule has 0 aliphatic carbocycles. The molecule has 5 heteroatoms. The van der Waals surface area contributed by atoms with E-state index in [1.165, 1.54) is 16.8 Å². The Hall–Kier alpha value is -1.07. The number of hydrogen-bond acceptors (Lipinski definition) is 3. The van der Waals surface area contributed by atoms with E-state index in [-0.39, 0.29) is 5.75 Å². The largest absolute Gasteiger partial charge is 0.368 e. The first-order valence-electron chi connectivity index (χ1n) is 7.69. The van der Waals surface area contributed by atoms with Gasteiger partial charge in [-0.15, -0.1) is 0 Å². The van der Waals surface area contributed by atoms with Crippen LogP contribution in [0.1, 0.15) is 37.8 Å². The van der Waals surface area contributed by atoms with Gasteiger partial charge < -0.3 is 4.90 Å². The molecule has 1 fully saturated rings. The third-order valence-corrected chi connectivity index (χ3v) is 6.09. The molecule has 1 aliphatic rings. The fourth-order valence-electron chi connectivity index (χ4n) is 2.95. The fraction of sp³-hybridized carbons (Fsp3) is 0.625. The lowest BCUT2D eigenvalue weighted by molar-refractivity contribution is 0.385. The summed E-state index contributed by atoms with van der Waals surface area (Å²) >= 11 is 0. The Morgan fingerprint density at radius 3 is 2.29 bits per heavy atom. The van der Waals surface area contributed by atoms with Crippen molar-refractivity contribution in [3.8, 4) is 0 Å². The van der Waals surface area contributed by atoms with Crippen LogP contribution in [-0.4, -0.2) is 44.7 Å². The van der Waals surface area contributed by atoms with Gasteiger partial charge in [-0.2, -0.15) is 4.31 Å². The summed E-state index contributed by atoms with van der Waals surface area (Å²) in [5.74, 6) is 0.659. The molecule has 0 bridgehead atoms. The minimum Gasteiger partial charge on any atom is -0.368 e. The molecule has 2 rings (SSSR count). The van der Waals surface area contributed by atoms with Crippen molar-refractivity contribution in [1.82, 2.24) is 4.31 Å². The van der Waals surface area contributed by atoms with Crippen molar-refractivity contribution in [3.63, 3.8) is 0 Å². The lowest BCUT2D eigenvalue weighted by atomic mass is 9.97. The molecule has 0 atom stereocenters. The molecular formula is C16H26N2O2S. The minimum atomic E-state index is -3.06. The summed E-state index contributed by atoms with van der Waals surface area (Å²) in [6, 6.07) is 6.42. The van der Waals surface area contributed by atoms with Gasteiger partial charge in [0.2, 0.25) is 10.0 Å². The van der Waals surface area contributed by atoms with Crippen LogP contribution in [0.4, 0.5) is 5.69 Å². The van der Waals surface area contributed by atoms with Crippen LogP contribution >= 0.6 is 0 Å². The average Bonchev–Trinajstić information content (AvgIpc) is 2.47. The number of rotatable bonds is 4. The molecule has 1 heterocycles.